The minimum absolute atomic E-state index is 0.250. The van der Waals surface area contributed by atoms with Crippen molar-refractivity contribution >= 4 is 29.3 Å². The number of hydrogen-bond donors (Lipinski definition) is 2. The van der Waals surface area contributed by atoms with Gasteiger partial charge in [-0.15, -0.1) is 11.3 Å². The largest absolute Gasteiger partial charge is 0.480 e. The summed E-state index contributed by atoms with van der Waals surface area (Å²) < 4.78 is 4.38. The Balaban J connectivity index is 2.56. The average Bonchev–Trinajstić information content (AvgIpc) is 2.90. The number of ether oxygens (including phenoxy) is 1. The van der Waals surface area contributed by atoms with E-state index in [9.17, 15) is 14.4 Å². The van der Waals surface area contributed by atoms with Crippen LogP contribution in [0.4, 0.5) is 4.79 Å². The van der Waals surface area contributed by atoms with Gasteiger partial charge in [0.05, 0.1) is 31.3 Å². The predicted octanol–water partition coefficient (Wildman–Crippen LogP) is 0.301. The maximum atomic E-state index is 11.8. The van der Waals surface area contributed by atoms with Gasteiger partial charge in [0.2, 0.25) is 0 Å². The maximum absolute atomic E-state index is 11.8. The summed E-state index contributed by atoms with van der Waals surface area (Å²) in [6.45, 7) is 0.250. The second kappa shape index (κ2) is 7.43. The molecule has 1 heterocycles. The lowest BCUT2D eigenvalue weighted by Crippen LogP contribution is -2.47. The van der Waals surface area contributed by atoms with Crippen LogP contribution < -0.4 is 5.32 Å². The van der Waals surface area contributed by atoms with Gasteiger partial charge in [0.1, 0.15) is 6.04 Å². The van der Waals surface area contributed by atoms with Gasteiger partial charge in [-0.1, -0.05) is 0 Å². The van der Waals surface area contributed by atoms with Crippen molar-refractivity contribution in [2.75, 3.05) is 14.2 Å². The van der Waals surface area contributed by atoms with Crippen molar-refractivity contribution in [1.82, 2.24) is 15.2 Å². The van der Waals surface area contributed by atoms with Crippen LogP contribution >= 0.6 is 11.3 Å². The number of carboxylic acids is 1. The number of nitrogens with one attached hydrogen (secondary N) is 1. The number of urea groups is 1. The standard InChI is InChI=1S/C11H15N3O5S/c1-14(4-7-5-20-6-12-7)11(18)13-8(10(16)17)3-9(15)19-2/h5-6,8H,3-4H2,1-2H3,(H,13,18)(H,16,17)/t8-/m0/s1. The summed E-state index contributed by atoms with van der Waals surface area (Å²) in [6, 6.07) is -1.93. The molecule has 1 rings (SSSR count). The van der Waals surface area contributed by atoms with E-state index >= 15 is 0 Å². The first-order valence-electron chi connectivity index (χ1n) is 5.62. The lowest BCUT2D eigenvalue weighted by atomic mass is 10.2. The van der Waals surface area contributed by atoms with Gasteiger partial charge in [-0.2, -0.15) is 0 Å². The molecule has 0 saturated carbocycles. The molecule has 0 bridgehead atoms. The fourth-order valence-electron chi connectivity index (χ4n) is 1.34. The van der Waals surface area contributed by atoms with Gasteiger partial charge in [0.25, 0.3) is 0 Å². The van der Waals surface area contributed by atoms with E-state index in [1.54, 1.807) is 10.9 Å². The number of hydrogen-bond acceptors (Lipinski definition) is 6. The third-order valence-electron chi connectivity index (χ3n) is 2.42. The molecule has 110 valence electrons. The Bertz CT molecular complexity index is 476. The molecule has 1 aromatic heterocycles. The fraction of sp³-hybridized carbons (Fsp3) is 0.455. The van der Waals surface area contributed by atoms with Crippen LogP contribution in [0, 0.1) is 0 Å². The third-order valence-corrected chi connectivity index (χ3v) is 3.06. The van der Waals surface area contributed by atoms with Crippen LogP contribution in [-0.2, 0) is 20.9 Å². The SMILES string of the molecule is COC(=O)C[C@H](NC(=O)N(C)Cc1cscn1)C(=O)O. The number of nitrogens with zero attached hydrogens (tertiary/aromatic N) is 2. The highest BCUT2D eigenvalue weighted by Gasteiger charge is 2.25. The monoisotopic (exact) mass is 301 g/mol. The average molecular weight is 301 g/mol. The minimum Gasteiger partial charge on any atom is -0.480 e. The topological polar surface area (TPSA) is 109 Å². The number of carboxylic acid groups (broad SMARTS) is 1. The van der Waals surface area contributed by atoms with Crippen LogP contribution in [0.2, 0.25) is 0 Å². The smallest absolute Gasteiger partial charge is 0.326 e. The van der Waals surface area contributed by atoms with Gasteiger partial charge >= 0.3 is 18.0 Å². The van der Waals surface area contributed by atoms with Gasteiger partial charge in [-0.3, -0.25) is 4.79 Å². The Kier molecular flexibility index (Phi) is 5.91. The van der Waals surface area contributed by atoms with E-state index in [4.69, 9.17) is 5.11 Å². The highest BCUT2D eigenvalue weighted by Crippen LogP contribution is 2.05. The zero-order chi connectivity index (χ0) is 15.1. The molecule has 0 aromatic carbocycles. The van der Waals surface area contributed by atoms with Crippen LogP contribution in [-0.4, -0.2) is 53.2 Å². The Morgan fingerprint density at radius 2 is 2.25 bits per heavy atom. The lowest BCUT2D eigenvalue weighted by molar-refractivity contribution is -0.147. The molecule has 2 amide bonds. The Labute approximate surface area is 119 Å². The summed E-state index contributed by atoms with van der Waals surface area (Å²) in [5, 5.41) is 13.0. The van der Waals surface area contributed by atoms with Gasteiger partial charge in [0, 0.05) is 12.4 Å². The van der Waals surface area contributed by atoms with Crippen LogP contribution in [0.15, 0.2) is 10.9 Å². The molecule has 0 spiro atoms. The van der Waals surface area contributed by atoms with E-state index in [-0.39, 0.29) is 6.54 Å². The van der Waals surface area contributed by atoms with Crippen molar-refractivity contribution in [3.05, 3.63) is 16.6 Å². The van der Waals surface area contributed by atoms with Crippen molar-refractivity contribution in [1.29, 1.82) is 0 Å². The molecule has 9 heteroatoms. The molecule has 1 aromatic rings. The highest BCUT2D eigenvalue weighted by atomic mass is 32.1. The first kappa shape index (κ1) is 15.9. The molecular formula is C11H15N3O5S. The van der Waals surface area contributed by atoms with Crippen molar-refractivity contribution < 1.29 is 24.2 Å². The number of esters is 1. The number of rotatable bonds is 6. The van der Waals surface area contributed by atoms with Crippen LogP contribution in [0.3, 0.4) is 0 Å². The van der Waals surface area contributed by atoms with E-state index < -0.39 is 30.4 Å². The zero-order valence-electron chi connectivity index (χ0n) is 11.0. The quantitative estimate of drug-likeness (QED) is 0.731. The Hall–Kier alpha value is -2.16. The van der Waals surface area contributed by atoms with E-state index in [0.29, 0.717) is 5.69 Å². The second-order valence-corrected chi connectivity index (χ2v) is 4.68. The zero-order valence-corrected chi connectivity index (χ0v) is 11.8. The van der Waals surface area contributed by atoms with Crippen LogP contribution in [0.25, 0.3) is 0 Å². The molecule has 0 aliphatic rings. The van der Waals surface area contributed by atoms with Crippen LogP contribution in [0.1, 0.15) is 12.1 Å². The number of carbonyl (C=O) groups is 3. The van der Waals surface area contributed by atoms with Crippen LogP contribution in [0.5, 0.6) is 0 Å². The number of aliphatic carboxylic acids is 1. The molecule has 0 aliphatic carbocycles. The number of carbonyl (C=O) groups excluding carboxylic acids is 2. The normalized spacial score (nSPS) is 11.5. The molecule has 8 nitrogen and oxygen atoms in total. The van der Waals surface area contributed by atoms with Crippen molar-refractivity contribution in [3.63, 3.8) is 0 Å². The fourth-order valence-corrected chi connectivity index (χ4v) is 1.89. The Morgan fingerprint density at radius 3 is 2.75 bits per heavy atom. The number of amides is 2. The van der Waals surface area contributed by atoms with E-state index in [1.165, 1.54) is 23.3 Å². The van der Waals surface area contributed by atoms with Gasteiger partial charge < -0.3 is 20.1 Å². The van der Waals surface area contributed by atoms with Crippen molar-refractivity contribution in [3.8, 4) is 0 Å². The number of thiazole rings is 1. The summed E-state index contributed by atoms with van der Waals surface area (Å²) >= 11 is 1.40. The van der Waals surface area contributed by atoms with E-state index in [0.717, 1.165) is 7.11 Å². The van der Waals surface area contributed by atoms with Crippen molar-refractivity contribution in [2.45, 2.75) is 19.0 Å². The molecule has 2 N–H and O–H groups in total. The second-order valence-electron chi connectivity index (χ2n) is 3.96. The van der Waals surface area contributed by atoms with Gasteiger partial charge in [-0.05, 0) is 0 Å². The summed E-state index contributed by atoms with van der Waals surface area (Å²) in [5.74, 6) is -2.01. The summed E-state index contributed by atoms with van der Waals surface area (Å²) in [5.41, 5.74) is 2.34. The maximum Gasteiger partial charge on any atom is 0.326 e. The molecule has 0 saturated heterocycles. The third kappa shape index (κ3) is 4.84. The summed E-state index contributed by atoms with van der Waals surface area (Å²) in [7, 11) is 2.66. The summed E-state index contributed by atoms with van der Waals surface area (Å²) in [4.78, 5) is 39.2. The lowest BCUT2D eigenvalue weighted by Gasteiger charge is -2.20. The molecular weight excluding hydrogens is 286 g/mol. The molecule has 0 radical (unpaired) electrons. The van der Waals surface area contributed by atoms with E-state index in [1.807, 2.05) is 0 Å². The van der Waals surface area contributed by atoms with Crippen molar-refractivity contribution in [2.24, 2.45) is 0 Å². The minimum atomic E-state index is -1.33. The number of aromatic nitrogens is 1. The first-order chi connectivity index (χ1) is 9.43. The molecule has 0 fully saturated rings. The highest BCUT2D eigenvalue weighted by molar-refractivity contribution is 7.07. The van der Waals surface area contributed by atoms with E-state index in [2.05, 4.69) is 15.0 Å². The summed E-state index contributed by atoms with van der Waals surface area (Å²) in [6.07, 6.45) is -0.428. The van der Waals surface area contributed by atoms with Gasteiger partial charge in [0.15, 0.2) is 0 Å². The molecule has 0 aliphatic heterocycles. The molecule has 1 atom stereocenters. The number of methoxy groups -OCH3 is 1. The molecule has 20 heavy (non-hydrogen) atoms. The van der Waals surface area contributed by atoms with Gasteiger partial charge in [-0.25, -0.2) is 14.6 Å². The first-order valence-corrected chi connectivity index (χ1v) is 6.56. The predicted molar refractivity (Wildman–Crippen MR) is 70.2 cm³/mol. The molecule has 0 unspecified atom stereocenters. The Morgan fingerprint density at radius 1 is 1.55 bits per heavy atom.